The first kappa shape index (κ1) is 16.2. The summed E-state index contributed by atoms with van der Waals surface area (Å²) in [6.45, 7) is 2.41. The van der Waals surface area contributed by atoms with Crippen molar-refractivity contribution in [1.82, 2.24) is 4.31 Å². The molecule has 2 aromatic rings. The smallest absolute Gasteiger partial charge is 0.247 e. The molecule has 0 amide bonds. The molecule has 0 spiro atoms. The Hall–Kier alpha value is -1.15. The number of benzene rings is 1. The molecule has 0 aliphatic rings. The van der Waals surface area contributed by atoms with Crippen LogP contribution in [0.2, 0.25) is 0 Å². The summed E-state index contributed by atoms with van der Waals surface area (Å²) in [6, 6.07) is 9.19. The highest BCUT2D eigenvalue weighted by Crippen LogP contribution is 2.28. The molecule has 0 fully saturated rings. The minimum atomic E-state index is -3.63. The van der Waals surface area contributed by atoms with Crippen LogP contribution in [0.25, 0.3) is 0 Å². The molecule has 7 heteroatoms. The molecule has 0 atom stereocenters. The number of aryl methyl sites for hydroxylation is 1. The van der Waals surface area contributed by atoms with Crippen molar-refractivity contribution in [2.45, 2.75) is 24.9 Å². The molecule has 0 aliphatic carbocycles. The van der Waals surface area contributed by atoms with Gasteiger partial charge < -0.3 is 10.2 Å². The molecule has 5 nitrogen and oxygen atoms in total. The summed E-state index contributed by atoms with van der Waals surface area (Å²) in [5, 5.41) is 0. The molecular weight excluding hydrogens is 356 g/mol. The molecule has 114 valence electrons. The zero-order valence-electron chi connectivity index (χ0n) is 11.8. The van der Waals surface area contributed by atoms with Crippen LogP contribution < -0.4 is 5.73 Å². The van der Waals surface area contributed by atoms with E-state index in [0.29, 0.717) is 12.3 Å². The van der Waals surface area contributed by atoms with Crippen LogP contribution in [-0.4, -0.2) is 19.8 Å². The summed E-state index contributed by atoms with van der Waals surface area (Å²) in [6.07, 6.45) is 0. The van der Waals surface area contributed by atoms with Crippen molar-refractivity contribution in [3.8, 4) is 0 Å². The van der Waals surface area contributed by atoms with Crippen LogP contribution in [0, 0.1) is 6.92 Å². The van der Waals surface area contributed by atoms with Gasteiger partial charge in [0.15, 0.2) is 4.67 Å². The van der Waals surface area contributed by atoms with E-state index in [1.54, 1.807) is 7.05 Å². The van der Waals surface area contributed by atoms with Gasteiger partial charge in [-0.05, 0) is 28.4 Å². The molecule has 0 unspecified atom stereocenters. The fraction of sp³-hybridized carbons (Fsp3) is 0.286. The zero-order valence-corrected chi connectivity index (χ0v) is 14.2. The molecule has 0 saturated carbocycles. The fourth-order valence-corrected chi connectivity index (χ4v) is 4.11. The maximum atomic E-state index is 12.6. The summed E-state index contributed by atoms with van der Waals surface area (Å²) in [5.74, 6) is 0.421. The van der Waals surface area contributed by atoms with E-state index < -0.39 is 10.0 Å². The van der Waals surface area contributed by atoms with Gasteiger partial charge in [-0.15, -0.1) is 0 Å². The quantitative estimate of drug-likeness (QED) is 0.874. The molecule has 0 radical (unpaired) electrons. The van der Waals surface area contributed by atoms with Gasteiger partial charge >= 0.3 is 0 Å². The molecule has 1 aromatic heterocycles. The summed E-state index contributed by atoms with van der Waals surface area (Å²) in [5.41, 5.74) is 7.49. The second-order valence-corrected chi connectivity index (χ2v) is 7.54. The summed E-state index contributed by atoms with van der Waals surface area (Å²) in [4.78, 5) is 0.0955. The second kappa shape index (κ2) is 6.31. The van der Waals surface area contributed by atoms with E-state index >= 15 is 0 Å². The van der Waals surface area contributed by atoms with Gasteiger partial charge in [-0.25, -0.2) is 8.42 Å². The first-order chi connectivity index (χ1) is 9.84. The van der Waals surface area contributed by atoms with E-state index in [1.807, 2.05) is 31.2 Å². The number of rotatable bonds is 5. The third-order valence-corrected chi connectivity index (χ3v) is 5.74. The van der Waals surface area contributed by atoms with Gasteiger partial charge in [-0.3, -0.25) is 0 Å². The van der Waals surface area contributed by atoms with Crippen LogP contribution in [0.4, 0.5) is 0 Å². The third kappa shape index (κ3) is 3.55. The Labute approximate surface area is 132 Å². The van der Waals surface area contributed by atoms with E-state index in [9.17, 15) is 8.42 Å². The van der Waals surface area contributed by atoms with Crippen molar-refractivity contribution in [2.75, 3.05) is 7.05 Å². The SMILES string of the molecule is Cc1cccc(CN(C)S(=O)(=O)c2cc(CN)oc2Br)c1. The highest BCUT2D eigenvalue weighted by atomic mass is 79.9. The summed E-state index contributed by atoms with van der Waals surface area (Å²) >= 11 is 3.13. The highest BCUT2D eigenvalue weighted by molar-refractivity contribution is 9.10. The minimum absolute atomic E-state index is 0.0955. The molecule has 0 bridgehead atoms. The number of halogens is 1. The van der Waals surface area contributed by atoms with Crippen LogP contribution in [0.3, 0.4) is 0 Å². The lowest BCUT2D eigenvalue weighted by molar-refractivity contribution is 0.458. The predicted octanol–water partition coefficient (Wildman–Crippen LogP) is 2.63. The van der Waals surface area contributed by atoms with E-state index in [4.69, 9.17) is 10.2 Å². The first-order valence-electron chi connectivity index (χ1n) is 6.34. The van der Waals surface area contributed by atoms with Crippen LogP contribution in [0.15, 0.2) is 44.3 Å². The first-order valence-corrected chi connectivity index (χ1v) is 8.58. The van der Waals surface area contributed by atoms with Crippen molar-refractivity contribution in [3.05, 3.63) is 51.9 Å². The van der Waals surface area contributed by atoms with Crippen LogP contribution >= 0.6 is 15.9 Å². The van der Waals surface area contributed by atoms with Crippen molar-refractivity contribution in [1.29, 1.82) is 0 Å². The maximum Gasteiger partial charge on any atom is 0.247 e. The Morgan fingerprint density at radius 1 is 1.33 bits per heavy atom. The van der Waals surface area contributed by atoms with Crippen LogP contribution in [0.1, 0.15) is 16.9 Å². The minimum Gasteiger partial charge on any atom is -0.452 e. The number of hydrogen-bond acceptors (Lipinski definition) is 4. The maximum absolute atomic E-state index is 12.6. The highest BCUT2D eigenvalue weighted by Gasteiger charge is 2.26. The Kier molecular flexibility index (Phi) is 4.88. The van der Waals surface area contributed by atoms with E-state index in [-0.39, 0.29) is 16.1 Å². The predicted molar refractivity (Wildman–Crippen MR) is 84.1 cm³/mol. The monoisotopic (exact) mass is 372 g/mol. The van der Waals surface area contributed by atoms with Crippen molar-refractivity contribution in [2.24, 2.45) is 5.73 Å². The standard InChI is InChI=1S/C14H17BrN2O3S/c1-10-4-3-5-11(6-10)9-17(2)21(18,19)13-7-12(8-16)20-14(13)15/h3-7H,8-9,16H2,1-2H3. The van der Waals surface area contributed by atoms with Crippen LogP contribution in [0.5, 0.6) is 0 Å². The Morgan fingerprint density at radius 3 is 2.62 bits per heavy atom. The fourth-order valence-electron chi connectivity index (χ4n) is 1.99. The Balaban J connectivity index is 2.28. The zero-order chi connectivity index (χ0) is 15.6. The van der Waals surface area contributed by atoms with Gasteiger partial charge in [0.1, 0.15) is 10.7 Å². The molecule has 1 heterocycles. The lowest BCUT2D eigenvalue weighted by atomic mass is 10.1. The molecule has 1 aromatic carbocycles. The second-order valence-electron chi connectivity index (χ2n) is 4.80. The molecule has 21 heavy (non-hydrogen) atoms. The number of nitrogens with zero attached hydrogens (tertiary/aromatic N) is 1. The average molecular weight is 373 g/mol. The molecular formula is C14H17BrN2O3S. The van der Waals surface area contributed by atoms with Gasteiger partial charge in [0, 0.05) is 19.7 Å². The Morgan fingerprint density at radius 2 is 2.05 bits per heavy atom. The van der Waals surface area contributed by atoms with Crippen LogP contribution in [-0.2, 0) is 23.1 Å². The summed E-state index contributed by atoms with van der Waals surface area (Å²) in [7, 11) is -2.09. The van der Waals surface area contributed by atoms with Crippen molar-refractivity contribution >= 4 is 26.0 Å². The number of furan rings is 1. The molecule has 0 saturated heterocycles. The number of hydrogen-bond donors (Lipinski definition) is 1. The van der Waals surface area contributed by atoms with E-state index in [2.05, 4.69) is 15.9 Å². The third-order valence-electron chi connectivity index (χ3n) is 3.08. The lowest BCUT2D eigenvalue weighted by Crippen LogP contribution is -2.26. The van der Waals surface area contributed by atoms with Gasteiger partial charge in [-0.2, -0.15) is 4.31 Å². The van der Waals surface area contributed by atoms with Gasteiger partial charge in [0.25, 0.3) is 0 Å². The molecule has 2 rings (SSSR count). The average Bonchev–Trinajstić information content (AvgIpc) is 2.80. The number of nitrogens with two attached hydrogens (primary N) is 1. The topological polar surface area (TPSA) is 76.5 Å². The lowest BCUT2D eigenvalue weighted by Gasteiger charge is -2.16. The summed E-state index contributed by atoms with van der Waals surface area (Å²) < 4.78 is 31.9. The van der Waals surface area contributed by atoms with Crippen molar-refractivity contribution in [3.63, 3.8) is 0 Å². The van der Waals surface area contributed by atoms with E-state index in [1.165, 1.54) is 10.4 Å². The van der Waals surface area contributed by atoms with Gasteiger partial charge in [-0.1, -0.05) is 29.8 Å². The normalized spacial score (nSPS) is 12.0. The Bertz CT molecular complexity index is 740. The van der Waals surface area contributed by atoms with Gasteiger partial charge in [0.05, 0.1) is 6.54 Å². The number of sulfonamides is 1. The molecule has 2 N–H and O–H groups in total. The largest absolute Gasteiger partial charge is 0.452 e. The van der Waals surface area contributed by atoms with Crippen molar-refractivity contribution < 1.29 is 12.8 Å². The van der Waals surface area contributed by atoms with Gasteiger partial charge in [0.2, 0.25) is 10.0 Å². The molecule has 0 aliphatic heterocycles. The van der Waals surface area contributed by atoms with E-state index in [0.717, 1.165) is 11.1 Å².